The first-order valence-electron chi connectivity index (χ1n) is 5.06. The van der Waals surface area contributed by atoms with Crippen molar-refractivity contribution in [3.8, 4) is 0 Å². The molecular weight excluding hydrogens is 204 g/mol. The van der Waals surface area contributed by atoms with Crippen molar-refractivity contribution in [1.29, 1.82) is 0 Å². The van der Waals surface area contributed by atoms with Gasteiger partial charge in [0.15, 0.2) is 0 Å². The van der Waals surface area contributed by atoms with Gasteiger partial charge in [-0.3, -0.25) is 0 Å². The summed E-state index contributed by atoms with van der Waals surface area (Å²) < 4.78 is 4.99. The van der Waals surface area contributed by atoms with Crippen LogP contribution < -0.4 is 10.6 Å². The van der Waals surface area contributed by atoms with E-state index in [9.17, 15) is 0 Å². The average Bonchev–Trinajstić information content (AvgIpc) is 2.81. The number of aryl methyl sites for hydroxylation is 1. The summed E-state index contributed by atoms with van der Waals surface area (Å²) in [5.74, 6) is 1.45. The Morgan fingerprint density at radius 1 is 1.44 bits per heavy atom. The van der Waals surface area contributed by atoms with Gasteiger partial charge in [0.1, 0.15) is 5.82 Å². The molecule has 0 aliphatic carbocycles. The highest BCUT2D eigenvalue weighted by atomic mass is 16.3. The highest BCUT2D eigenvalue weighted by Crippen LogP contribution is 2.13. The molecule has 0 saturated carbocycles. The molecule has 0 aromatic carbocycles. The Bertz CT molecular complexity index is 453. The van der Waals surface area contributed by atoms with Crippen molar-refractivity contribution >= 4 is 11.8 Å². The Hall–Kier alpha value is -2.04. The summed E-state index contributed by atoms with van der Waals surface area (Å²) >= 11 is 0. The number of nitrogens with one attached hydrogen (secondary N) is 2. The van der Waals surface area contributed by atoms with Crippen molar-refractivity contribution in [2.24, 2.45) is 0 Å². The minimum absolute atomic E-state index is 0.611. The van der Waals surface area contributed by atoms with Gasteiger partial charge in [0.25, 0.3) is 0 Å². The average molecular weight is 218 g/mol. The van der Waals surface area contributed by atoms with E-state index < -0.39 is 0 Å². The summed E-state index contributed by atoms with van der Waals surface area (Å²) in [6, 6.07) is 1.92. The summed E-state index contributed by atoms with van der Waals surface area (Å²) in [7, 11) is 1.80. The zero-order valence-electron chi connectivity index (χ0n) is 9.32. The molecule has 5 heteroatoms. The molecule has 0 aliphatic rings. The van der Waals surface area contributed by atoms with Gasteiger partial charge in [-0.1, -0.05) is 0 Å². The molecule has 2 aromatic heterocycles. The van der Waals surface area contributed by atoms with E-state index in [1.54, 1.807) is 25.8 Å². The molecule has 84 valence electrons. The molecule has 16 heavy (non-hydrogen) atoms. The van der Waals surface area contributed by atoms with E-state index in [1.165, 1.54) is 0 Å². The number of hydrogen-bond acceptors (Lipinski definition) is 5. The first-order chi connectivity index (χ1) is 7.79. The van der Waals surface area contributed by atoms with Gasteiger partial charge >= 0.3 is 0 Å². The second-order valence-corrected chi connectivity index (χ2v) is 3.46. The van der Waals surface area contributed by atoms with E-state index in [0.29, 0.717) is 12.5 Å². The number of rotatable bonds is 4. The van der Waals surface area contributed by atoms with Crippen LogP contribution in [-0.4, -0.2) is 17.0 Å². The van der Waals surface area contributed by atoms with E-state index >= 15 is 0 Å². The van der Waals surface area contributed by atoms with E-state index in [-0.39, 0.29) is 0 Å². The number of anilines is 2. The predicted octanol–water partition coefficient (Wildman–Crippen LogP) is 2.03. The Morgan fingerprint density at radius 2 is 2.31 bits per heavy atom. The van der Waals surface area contributed by atoms with Crippen LogP contribution in [-0.2, 0) is 6.54 Å². The maximum atomic E-state index is 4.99. The lowest BCUT2D eigenvalue weighted by Crippen LogP contribution is -2.05. The number of furan rings is 1. The molecule has 0 fully saturated rings. The first-order valence-corrected chi connectivity index (χ1v) is 5.06. The lowest BCUT2D eigenvalue weighted by Gasteiger charge is -2.08. The van der Waals surface area contributed by atoms with Gasteiger partial charge < -0.3 is 15.1 Å². The van der Waals surface area contributed by atoms with Crippen molar-refractivity contribution in [2.75, 3.05) is 17.7 Å². The number of nitrogens with zero attached hydrogens (tertiary/aromatic N) is 2. The summed E-state index contributed by atoms with van der Waals surface area (Å²) in [4.78, 5) is 8.45. The minimum Gasteiger partial charge on any atom is -0.472 e. The molecule has 2 aromatic rings. The van der Waals surface area contributed by atoms with Gasteiger partial charge in [0.05, 0.1) is 12.5 Å². The Morgan fingerprint density at radius 3 is 3.00 bits per heavy atom. The fourth-order valence-electron chi connectivity index (χ4n) is 1.32. The van der Waals surface area contributed by atoms with Crippen molar-refractivity contribution in [2.45, 2.75) is 13.5 Å². The molecule has 2 N–H and O–H groups in total. The molecule has 0 amide bonds. The summed E-state index contributed by atoms with van der Waals surface area (Å²) in [5.41, 5.74) is 2.10. The molecule has 0 aliphatic heterocycles. The third kappa shape index (κ3) is 2.31. The SMILES string of the molecule is CNc1ncc(C)c(NCc2ccoc2)n1. The van der Waals surface area contributed by atoms with Crippen molar-refractivity contribution in [3.05, 3.63) is 35.9 Å². The van der Waals surface area contributed by atoms with Crippen molar-refractivity contribution in [1.82, 2.24) is 9.97 Å². The second-order valence-electron chi connectivity index (χ2n) is 3.46. The third-order valence-corrected chi connectivity index (χ3v) is 2.24. The predicted molar refractivity (Wildman–Crippen MR) is 62.4 cm³/mol. The van der Waals surface area contributed by atoms with Gasteiger partial charge in [0, 0.05) is 30.9 Å². The van der Waals surface area contributed by atoms with E-state index in [2.05, 4.69) is 20.6 Å². The Labute approximate surface area is 93.9 Å². The van der Waals surface area contributed by atoms with Crippen molar-refractivity contribution < 1.29 is 4.42 Å². The molecule has 0 saturated heterocycles. The largest absolute Gasteiger partial charge is 0.472 e. The van der Waals surface area contributed by atoms with Crippen LogP contribution in [0.15, 0.2) is 29.2 Å². The molecule has 2 rings (SSSR count). The van der Waals surface area contributed by atoms with Crippen LogP contribution in [0, 0.1) is 6.92 Å². The third-order valence-electron chi connectivity index (χ3n) is 2.24. The van der Waals surface area contributed by atoms with E-state index in [1.807, 2.05) is 13.0 Å². The second kappa shape index (κ2) is 4.65. The lowest BCUT2D eigenvalue weighted by molar-refractivity contribution is 0.564. The van der Waals surface area contributed by atoms with E-state index in [4.69, 9.17) is 4.42 Å². The summed E-state index contributed by atoms with van der Waals surface area (Å²) in [6.07, 6.45) is 5.15. The van der Waals surface area contributed by atoms with Gasteiger partial charge in [-0.15, -0.1) is 0 Å². The summed E-state index contributed by atoms with van der Waals surface area (Å²) in [5, 5.41) is 6.15. The van der Waals surface area contributed by atoms with Crippen LogP contribution in [0.1, 0.15) is 11.1 Å². The maximum Gasteiger partial charge on any atom is 0.224 e. The fraction of sp³-hybridized carbons (Fsp3) is 0.273. The smallest absolute Gasteiger partial charge is 0.224 e. The highest BCUT2D eigenvalue weighted by Gasteiger charge is 2.02. The maximum absolute atomic E-state index is 4.99. The Balaban J connectivity index is 2.08. The summed E-state index contributed by atoms with van der Waals surface area (Å²) in [6.45, 7) is 2.66. The molecule has 0 unspecified atom stereocenters. The zero-order chi connectivity index (χ0) is 11.4. The van der Waals surface area contributed by atoms with Crippen molar-refractivity contribution in [3.63, 3.8) is 0 Å². The van der Waals surface area contributed by atoms with E-state index in [0.717, 1.165) is 16.9 Å². The topological polar surface area (TPSA) is 63.0 Å². The zero-order valence-corrected chi connectivity index (χ0v) is 9.32. The number of hydrogen-bond donors (Lipinski definition) is 2. The van der Waals surface area contributed by atoms with Gasteiger partial charge in [0.2, 0.25) is 5.95 Å². The molecule has 0 bridgehead atoms. The standard InChI is InChI=1S/C11H14N4O/c1-8-5-14-11(12-2)15-10(8)13-6-9-3-4-16-7-9/h3-5,7H,6H2,1-2H3,(H2,12,13,14,15). The van der Waals surface area contributed by atoms with Gasteiger partial charge in [-0.05, 0) is 13.0 Å². The number of aromatic nitrogens is 2. The van der Waals surface area contributed by atoms with Crippen LogP contribution in [0.25, 0.3) is 0 Å². The molecule has 2 heterocycles. The van der Waals surface area contributed by atoms with Crippen LogP contribution >= 0.6 is 0 Å². The monoisotopic (exact) mass is 218 g/mol. The Kier molecular flexibility index (Phi) is 3.05. The highest BCUT2D eigenvalue weighted by molar-refractivity contribution is 5.46. The quantitative estimate of drug-likeness (QED) is 0.822. The first kappa shape index (κ1) is 10.5. The molecule has 5 nitrogen and oxygen atoms in total. The van der Waals surface area contributed by atoms with Gasteiger partial charge in [-0.2, -0.15) is 4.98 Å². The molecular formula is C11H14N4O. The lowest BCUT2D eigenvalue weighted by atomic mass is 10.3. The van der Waals surface area contributed by atoms with Crippen LogP contribution in [0.4, 0.5) is 11.8 Å². The van der Waals surface area contributed by atoms with Gasteiger partial charge in [-0.25, -0.2) is 4.98 Å². The normalized spacial score (nSPS) is 10.1. The molecule has 0 spiro atoms. The van der Waals surface area contributed by atoms with Crippen LogP contribution in [0.5, 0.6) is 0 Å². The minimum atomic E-state index is 0.611. The molecule has 0 atom stereocenters. The van der Waals surface area contributed by atoms with Crippen LogP contribution in [0.2, 0.25) is 0 Å². The molecule has 0 radical (unpaired) electrons. The fourth-order valence-corrected chi connectivity index (χ4v) is 1.32. The van der Waals surface area contributed by atoms with Crippen LogP contribution in [0.3, 0.4) is 0 Å².